The summed E-state index contributed by atoms with van der Waals surface area (Å²) in [6, 6.07) is 8.39. The van der Waals surface area contributed by atoms with Gasteiger partial charge in [-0.15, -0.1) is 0 Å². The molecule has 0 saturated carbocycles. The number of ether oxygens (including phenoxy) is 1. The second-order valence-corrected chi connectivity index (χ2v) is 4.22. The monoisotopic (exact) mass is 262 g/mol. The molecule has 4 nitrogen and oxygen atoms in total. The Labute approximate surface area is 110 Å². The molecular weight excluding hydrogens is 252 g/mol. The number of carbonyl (C=O) groups is 1. The number of Topliss-reactive ketones (excluding diaryl/α,β-unsaturated/α-hetero) is 1. The Morgan fingerprint density at radius 1 is 1.39 bits per heavy atom. The number of hydrogen-bond acceptors (Lipinski definition) is 4. The van der Waals surface area contributed by atoms with Gasteiger partial charge in [-0.1, -0.05) is 11.6 Å². The quantitative estimate of drug-likeness (QED) is 0.502. The molecule has 0 radical (unpaired) electrons. The Morgan fingerprint density at radius 3 is 2.67 bits per heavy atom. The van der Waals surface area contributed by atoms with E-state index < -0.39 is 0 Å². The third-order valence-electron chi connectivity index (χ3n) is 2.58. The maximum atomic E-state index is 12.2. The Balaban J connectivity index is 2.31. The Bertz CT molecular complexity index is 521. The van der Waals surface area contributed by atoms with Crippen molar-refractivity contribution in [2.45, 2.75) is 0 Å². The fourth-order valence-corrected chi connectivity index (χ4v) is 1.79. The zero-order valence-corrected chi connectivity index (χ0v) is 10.3. The number of nitrogens with one attached hydrogen (secondary N) is 1. The van der Waals surface area contributed by atoms with Crippen LogP contribution in [0, 0.1) is 11.3 Å². The highest BCUT2D eigenvalue weighted by Gasteiger charge is 2.19. The van der Waals surface area contributed by atoms with E-state index >= 15 is 0 Å². The van der Waals surface area contributed by atoms with Crippen LogP contribution >= 0.6 is 11.6 Å². The lowest BCUT2D eigenvalue weighted by atomic mass is 10.0. The summed E-state index contributed by atoms with van der Waals surface area (Å²) in [4.78, 5) is 12.2. The molecule has 1 aromatic rings. The molecule has 0 aromatic heterocycles. The van der Waals surface area contributed by atoms with Gasteiger partial charge < -0.3 is 10.1 Å². The number of nitrogens with zero attached hydrogens (tertiary/aromatic N) is 1. The minimum atomic E-state index is -0.317. The van der Waals surface area contributed by atoms with Gasteiger partial charge in [0.05, 0.1) is 18.9 Å². The molecule has 1 aliphatic heterocycles. The fraction of sp³-hybridized carbons (Fsp3) is 0.231. The summed E-state index contributed by atoms with van der Waals surface area (Å²) in [7, 11) is 0. The molecule has 0 spiro atoms. The zero-order valence-electron chi connectivity index (χ0n) is 9.57. The molecule has 92 valence electrons. The number of hydrogen-bond donors (Lipinski definition) is 1. The average Bonchev–Trinajstić information content (AvgIpc) is 2.41. The molecule has 0 aliphatic carbocycles. The van der Waals surface area contributed by atoms with Gasteiger partial charge in [-0.25, -0.2) is 0 Å². The van der Waals surface area contributed by atoms with Crippen LogP contribution in [0.4, 0.5) is 0 Å². The predicted molar refractivity (Wildman–Crippen MR) is 67.2 cm³/mol. The van der Waals surface area contributed by atoms with Gasteiger partial charge in [0.25, 0.3) is 0 Å². The summed E-state index contributed by atoms with van der Waals surface area (Å²) in [5.41, 5.74) is 1.08. The van der Waals surface area contributed by atoms with Crippen LogP contribution in [0.1, 0.15) is 10.4 Å². The first-order chi connectivity index (χ1) is 8.72. The first kappa shape index (κ1) is 12.6. The maximum Gasteiger partial charge on any atom is 0.205 e. The number of nitriles is 1. The summed E-state index contributed by atoms with van der Waals surface area (Å²) in [6.07, 6.45) is 0. The molecule has 5 heteroatoms. The van der Waals surface area contributed by atoms with Crippen LogP contribution in [0.5, 0.6) is 0 Å². The molecule has 1 saturated heterocycles. The third kappa shape index (κ3) is 2.70. The topological polar surface area (TPSA) is 62.1 Å². The molecule has 1 N–H and O–H groups in total. The summed E-state index contributed by atoms with van der Waals surface area (Å²) < 4.78 is 5.23. The lowest BCUT2D eigenvalue weighted by Crippen LogP contribution is -2.31. The van der Waals surface area contributed by atoms with Crippen molar-refractivity contribution < 1.29 is 9.53 Å². The van der Waals surface area contributed by atoms with E-state index in [2.05, 4.69) is 5.32 Å². The highest BCUT2D eigenvalue weighted by Crippen LogP contribution is 2.15. The molecule has 0 atom stereocenters. The van der Waals surface area contributed by atoms with Crippen LogP contribution in [-0.4, -0.2) is 25.5 Å². The molecule has 0 amide bonds. The number of allylic oxidation sites excluding steroid dienone is 1. The minimum Gasteiger partial charge on any atom is -0.383 e. The van der Waals surface area contributed by atoms with E-state index in [9.17, 15) is 4.79 Å². The van der Waals surface area contributed by atoms with Gasteiger partial charge in [-0.05, 0) is 24.3 Å². The van der Waals surface area contributed by atoms with E-state index in [0.717, 1.165) is 0 Å². The van der Waals surface area contributed by atoms with Crippen LogP contribution in [0.3, 0.4) is 0 Å². The SMILES string of the molecule is N#C/C(C(=O)c1ccc(Cl)cc1)=C1/COCCN1. The lowest BCUT2D eigenvalue weighted by molar-refractivity contribution is 0.102. The zero-order chi connectivity index (χ0) is 13.0. The summed E-state index contributed by atoms with van der Waals surface area (Å²) in [5.74, 6) is -0.317. The van der Waals surface area contributed by atoms with Crippen molar-refractivity contribution in [2.75, 3.05) is 19.8 Å². The molecular formula is C13H11ClN2O2. The Morgan fingerprint density at radius 2 is 2.11 bits per heavy atom. The Hall–Kier alpha value is -1.83. The van der Waals surface area contributed by atoms with Crippen molar-refractivity contribution in [3.05, 3.63) is 46.1 Å². The number of rotatable bonds is 2. The second-order valence-electron chi connectivity index (χ2n) is 3.78. The number of benzene rings is 1. The number of ketones is 1. The smallest absolute Gasteiger partial charge is 0.205 e. The highest BCUT2D eigenvalue weighted by atomic mass is 35.5. The molecule has 1 heterocycles. The van der Waals surface area contributed by atoms with Crippen LogP contribution in [-0.2, 0) is 4.74 Å². The minimum absolute atomic E-state index is 0.0945. The van der Waals surface area contributed by atoms with Gasteiger partial charge in [0.1, 0.15) is 11.6 Å². The van der Waals surface area contributed by atoms with Gasteiger partial charge in [0.15, 0.2) is 0 Å². The standard InChI is InChI=1S/C13H11ClN2O2/c14-10-3-1-9(2-4-10)13(17)11(7-15)12-8-18-6-5-16-12/h1-4,16H,5-6,8H2/b12-11+. The molecule has 0 bridgehead atoms. The summed E-state index contributed by atoms with van der Waals surface area (Å²) >= 11 is 5.76. The van der Waals surface area contributed by atoms with Crippen molar-refractivity contribution in [1.29, 1.82) is 5.26 Å². The highest BCUT2D eigenvalue weighted by molar-refractivity contribution is 6.30. The van der Waals surface area contributed by atoms with Crippen molar-refractivity contribution in [1.82, 2.24) is 5.32 Å². The first-order valence-electron chi connectivity index (χ1n) is 5.47. The van der Waals surface area contributed by atoms with E-state index in [1.54, 1.807) is 24.3 Å². The van der Waals surface area contributed by atoms with Gasteiger partial charge >= 0.3 is 0 Å². The lowest BCUT2D eigenvalue weighted by Gasteiger charge is -2.18. The van der Waals surface area contributed by atoms with Crippen molar-refractivity contribution in [2.24, 2.45) is 0 Å². The van der Waals surface area contributed by atoms with Crippen LogP contribution < -0.4 is 5.32 Å². The molecule has 1 aliphatic rings. The van der Waals surface area contributed by atoms with Crippen LogP contribution in [0.25, 0.3) is 0 Å². The van der Waals surface area contributed by atoms with Crippen molar-refractivity contribution >= 4 is 17.4 Å². The summed E-state index contributed by atoms with van der Waals surface area (Å²) in [5, 5.41) is 12.7. The normalized spacial score (nSPS) is 17.6. The van der Waals surface area contributed by atoms with Gasteiger partial charge in [-0.2, -0.15) is 5.26 Å². The average molecular weight is 263 g/mol. The van der Waals surface area contributed by atoms with E-state index in [0.29, 0.717) is 29.4 Å². The second kappa shape index (κ2) is 5.67. The third-order valence-corrected chi connectivity index (χ3v) is 2.83. The Kier molecular flexibility index (Phi) is 3.98. The van der Waals surface area contributed by atoms with Crippen LogP contribution in [0.15, 0.2) is 35.5 Å². The van der Waals surface area contributed by atoms with Gasteiger partial charge in [0.2, 0.25) is 5.78 Å². The summed E-state index contributed by atoms with van der Waals surface area (Å²) in [6.45, 7) is 1.45. The number of halogens is 1. The van der Waals surface area contributed by atoms with E-state index in [1.807, 2.05) is 6.07 Å². The predicted octanol–water partition coefficient (Wildman–Crippen LogP) is 1.92. The van der Waals surface area contributed by atoms with Crippen LogP contribution in [0.2, 0.25) is 5.02 Å². The molecule has 2 rings (SSSR count). The van der Waals surface area contributed by atoms with Crippen molar-refractivity contribution in [3.63, 3.8) is 0 Å². The number of morpholine rings is 1. The molecule has 0 unspecified atom stereocenters. The molecule has 18 heavy (non-hydrogen) atoms. The van der Waals surface area contributed by atoms with Gasteiger partial charge in [-0.3, -0.25) is 4.79 Å². The van der Waals surface area contributed by atoms with Gasteiger partial charge in [0, 0.05) is 17.1 Å². The first-order valence-corrected chi connectivity index (χ1v) is 5.85. The van der Waals surface area contributed by atoms with Crippen molar-refractivity contribution in [3.8, 4) is 6.07 Å². The van der Waals surface area contributed by atoms with E-state index in [4.69, 9.17) is 21.6 Å². The number of carbonyl (C=O) groups excluding carboxylic acids is 1. The fourth-order valence-electron chi connectivity index (χ4n) is 1.66. The maximum absolute atomic E-state index is 12.2. The largest absolute Gasteiger partial charge is 0.383 e. The molecule has 1 aromatic carbocycles. The molecule has 1 fully saturated rings. The van der Waals surface area contributed by atoms with E-state index in [1.165, 1.54) is 0 Å². The van der Waals surface area contributed by atoms with E-state index in [-0.39, 0.29) is 18.0 Å².